The molecule has 0 saturated carbocycles. The van der Waals surface area contributed by atoms with E-state index < -0.39 is 35.9 Å². The minimum absolute atomic E-state index is 0.177. The number of unbranched alkanes of at least 4 members (excludes halogenated alkanes) is 1. The van der Waals surface area contributed by atoms with E-state index in [1.807, 2.05) is 0 Å². The van der Waals surface area contributed by atoms with Gasteiger partial charge in [0.2, 0.25) is 5.91 Å². The lowest BCUT2D eigenvalue weighted by Gasteiger charge is -2.13. The van der Waals surface area contributed by atoms with Gasteiger partial charge in [0, 0.05) is 13.3 Å². The van der Waals surface area contributed by atoms with Gasteiger partial charge in [0.05, 0.1) is 0 Å². The van der Waals surface area contributed by atoms with E-state index in [2.05, 4.69) is 10.1 Å². The molecule has 0 radical (unpaired) electrons. The Labute approximate surface area is 128 Å². The standard InChI is InChI=1S/C13H23N3O6/c1-8(17)16-10(12(19)20)5-6-11(18)22-13(21)9(15)4-2-3-7-14/h9-10H,2-7,14-15H2,1H3,(H,16,17)(H,19,20)/t9-,10-/m0/s1. The Morgan fingerprint density at radius 2 is 1.82 bits per heavy atom. The van der Waals surface area contributed by atoms with Crippen LogP contribution in [-0.2, 0) is 23.9 Å². The predicted octanol–water partition coefficient (Wildman–Crippen LogP) is -1.12. The summed E-state index contributed by atoms with van der Waals surface area (Å²) in [5, 5.41) is 11.0. The fourth-order valence-corrected chi connectivity index (χ4v) is 1.63. The molecule has 9 heteroatoms. The molecule has 0 fully saturated rings. The summed E-state index contributed by atoms with van der Waals surface area (Å²) < 4.78 is 4.54. The van der Waals surface area contributed by atoms with Crippen molar-refractivity contribution in [1.29, 1.82) is 0 Å². The van der Waals surface area contributed by atoms with Crippen molar-refractivity contribution in [1.82, 2.24) is 5.32 Å². The smallest absolute Gasteiger partial charge is 0.330 e. The number of rotatable bonds is 10. The SMILES string of the molecule is CC(=O)N[C@@H](CCC(=O)OC(=O)[C@@H](N)CCCCN)C(=O)O. The maximum Gasteiger partial charge on any atom is 0.330 e. The average molecular weight is 317 g/mol. The number of carbonyl (C=O) groups is 4. The number of ether oxygens (including phenoxy) is 1. The first-order chi connectivity index (χ1) is 10.3. The number of amides is 1. The molecule has 2 atom stereocenters. The van der Waals surface area contributed by atoms with Crippen LogP contribution in [0.4, 0.5) is 0 Å². The Hall–Kier alpha value is -2.00. The van der Waals surface area contributed by atoms with E-state index in [4.69, 9.17) is 16.6 Å². The summed E-state index contributed by atoms with van der Waals surface area (Å²) in [4.78, 5) is 44.7. The van der Waals surface area contributed by atoms with Crippen LogP contribution < -0.4 is 16.8 Å². The molecule has 0 spiro atoms. The summed E-state index contributed by atoms with van der Waals surface area (Å²) in [7, 11) is 0. The number of nitrogens with two attached hydrogens (primary N) is 2. The van der Waals surface area contributed by atoms with Crippen molar-refractivity contribution < 1.29 is 29.0 Å². The highest BCUT2D eigenvalue weighted by Gasteiger charge is 2.22. The monoisotopic (exact) mass is 317 g/mol. The van der Waals surface area contributed by atoms with Crippen LogP contribution in [0.15, 0.2) is 0 Å². The molecule has 0 aliphatic rings. The van der Waals surface area contributed by atoms with Gasteiger partial charge in [0.1, 0.15) is 12.1 Å². The van der Waals surface area contributed by atoms with Crippen LogP contribution in [0.3, 0.4) is 0 Å². The molecule has 0 saturated heterocycles. The molecule has 0 rings (SSSR count). The fraction of sp³-hybridized carbons (Fsp3) is 0.692. The molecule has 9 nitrogen and oxygen atoms in total. The van der Waals surface area contributed by atoms with Gasteiger partial charge < -0.3 is 26.6 Å². The number of carbonyl (C=O) groups excluding carboxylic acids is 3. The summed E-state index contributed by atoms with van der Waals surface area (Å²) in [6, 6.07) is -2.13. The van der Waals surface area contributed by atoms with Crippen molar-refractivity contribution >= 4 is 23.8 Å². The lowest BCUT2D eigenvalue weighted by atomic mass is 10.1. The van der Waals surface area contributed by atoms with Gasteiger partial charge in [-0.25, -0.2) is 9.59 Å². The molecule has 0 unspecified atom stereocenters. The molecular weight excluding hydrogens is 294 g/mol. The minimum Gasteiger partial charge on any atom is -0.480 e. The number of carboxylic acids is 1. The topological polar surface area (TPSA) is 162 Å². The number of aliphatic carboxylic acids is 1. The van der Waals surface area contributed by atoms with E-state index in [0.717, 1.165) is 6.92 Å². The third kappa shape index (κ3) is 9.03. The Kier molecular flexibility index (Phi) is 9.72. The van der Waals surface area contributed by atoms with Crippen LogP contribution in [0.25, 0.3) is 0 Å². The van der Waals surface area contributed by atoms with Crippen molar-refractivity contribution in [2.45, 2.75) is 51.1 Å². The van der Waals surface area contributed by atoms with E-state index >= 15 is 0 Å². The van der Waals surface area contributed by atoms with Gasteiger partial charge >= 0.3 is 17.9 Å². The van der Waals surface area contributed by atoms with Gasteiger partial charge in [-0.1, -0.05) is 6.42 Å². The highest BCUT2D eigenvalue weighted by molar-refractivity contribution is 5.88. The van der Waals surface area contributed by atoms with Crippen LogP contribution in [0.2, 0.25) is 0 Å². The summed E-state index contributed by atoms with van der Waals surface area (Å²) in [5.74, 6) is -3.53. The van der Waals surface area contributed by atoms with E-state index in [1.165, 1.54) is 0 Å². The van der Waals surface area contributed by atoms with Gasteiger partial charge in [-0.2, -0.15) is 0 Å². The molecule has 0 heterocycles. The van der Waals surface area contributed by atoms with Crippen molar-refractivity contribution in [2.75, 3.05) is 6.54 Å². The third-order valence-corrected chi connectivity index (χ3v) is 2.80. The van der Waals surface area contributed by atoms with Gasteiger partial charge in [-0.05, 0) is 25.8 Å². The van der Waals surface area contributed by atoms with Crippen molar-refractivity contribution in [3.05, 3.63) is 0 Å². The zero-order valence-electron chi connectivity index (χ0n) is 12.5. The zero-order valence-corrected chi connectivity index (χ0v) is 12.5. The van der Waals surface area contributed by atoms with E-state index in [0.29, 0.717) is 25.8 Å². The highest BCUT2D eigenvalue weighted by atomic mass is 16.6. The molecule has 0 aliphatic heterocycles. The second-order valence-corrected chi connectivity index (χ2v) is 4.81. The summed E-state index contributed by atoms with van der Waals surface area (Å²) in [6.07, 6.45) is 1.21. The highest BCUT2D eigenvalue weighted by Crippen LogP contribution is 2.04. The molecule has 0 aromatic rings. The number of carboxylic acid groups (broad SMARTS) is 1. The van der Waals surface area contributed by atoms with Gasteiger partial charge in [-0.15, -0.1) is 0 Å². The second kappa shape index (κ2) is 10.7. The lowest BCUT2D eigenvalue weighted by Crippen LogP contribution is -2.40. The second-order valence-electron chi connectivity index (χ2n) is 4.81. The van der Waals surface area contributed by atoms with Crippen LogP contribution >= 0.6 is 0 Å². The van der Waals surface area contributed by atoms with Crippen LogP contribution in [0, 0.1) is 0 Å². The Balaban J connectivity index is 4.18. The summed E-state index contributed by atoms with van der Waals surface area (Å²) in [6.45, 7) is 1.65. The quantitative estimate of drug-likeness (QED) is 0.224. The van der Waals surface area contributed by atoms with Crippen LogP contribution in [-0.4, -0.2) is 47.6 Å². The molecule has 126 valence electrons. The molecule has 0 aliphatic carbocycles. The largest absolute Gasteiger partial charge is 0.480 e. The van der Waals surface area contributed by atoms with Crippen molar-refractivity contribution in [3.63, 3.8) is 0 Å². The number of esters is 2. The molecule has 6 N–H and O–H groups in total. The zero-order chi connectivity index (χ0) is 17.1. The molecule has 0 aromatic heterocycles. The van der Waals surface area contributed by atoms with Crippen molar-refractivity contribution in [2.24, 2.45) is 11.5 Å². The third-order valence-electron chi connectivity index (χ3n) is 2.80. The fourth-order valence-electron chi connectivity index (χ4n) is 1.63. The predicted molar refractivity (Wildman–Crippen MR) is 76.5 cm³/mol. The molecule has 1 amide bonds. The van der Waals surface area contributed by atoms with E-state index in [9.17, 15) is 19.2 Å². The first-order valence-corrected chi connectivity index (χ1v) is 6.98. The number of hydrogen-bond acceptors (Lipinski definition) is 7. The van der Waals surface area contributed by atoms with E-state index in [-0.39, 0.29) is 12.8 Å². The first-order valence-electron chi connectivity index (χ1n) is 6.98. The first kappa shape index (κ1) is 20.0. The van der Waals surface area contributed by atoms with Gasteiger partial charge in [0.15, 0.2) is 0 Å². The van der Waals surface area contributed by atoms with Crippen LogP contribution in [0.1, 0.15) is 39.0 Å². The summed E-state index contributed by atoms with van der Waals surface area (Å²) in [5.41, 5.74) is 10.9. The lowest BCUT2D eigenvalue weighted by molar-refractivity contribution is -0.161. The summed E-state index contributed by atoms with van der Waals surface area (Å²) >= 11 is 0. The van der Waals surface area contributed by atoms with Crippen LogP contribution in [0.5, 0.6) is 0 Å². The molecule has 0 bridgehead atoms. The normalized spacial score (nSPS) is 13.0. The van der Waals surface area contributed by atoms with Gasteiger partial charge in [-0.3, -0.25) is 9.59 Å². The maximum absolute atomic E-state index is 11.5. The Morgan fingerprint density at radius 1 is 1.18 bits per heavy atom. The number of hydrogen-bond donors (Lipinski definition) is 4. The van der Waals surface area contributed by atoms with Gasteiger partial charge in [0.25, 0.3) is 0 Å². The Morgan fingerprint density at radius 3 is 2.32 bits per heavy atom. The average Bonchev–Trinajstić information content (AvgIpc) is 2.42. The van der Waals surface area contributed by atoms with Crippen molar-refractivity contribution in [3.8, 4) is 0 Å². The molecule has 0 aromatic carbocycles. The molecular formula is C13H23N3O6. The maximum atomic E-state index is 11.5. The van der Waals surface area contributed by atoms with E-state index in [1.54, 1.807) is 0 Å². The Bertz CT molecular complexity index is 413. The molecule has 22 heavy (non-hydrogen) atoms. The number of nitrogens with one attached hydrogen (secondary N) is 1. The minimum atomic E-state index is -1.27.